The van der Waals surface area contributed by atoms with Crippen molar-refractivity contribution >= 4 is 28.4 Å². The first-order valence-electron chi connectivity index (χ1n) is 9.58. The van der Waals surface area contributed by atoms with E-state index in [4.69, 9.17) is 0 Å². The Labute approximate surface area is 164 Å². The second-order valence-corrected chi connectivity index (χ2v) is 7.15. The predicted molar refractivity (Wildman–Crippen MR) is 111 cm³/mol. The number of amides is 3. The molecule has 142 valence electrons. The maximum absolute atomic E-state index is 12.7. The molecule has 0 saturated heterocycles. The van der Waals surface area contributed by atoms with E-state index in [1.807, 2.05) is 72.8 Å². The Kier molecular flexibility index (Phi) is 5.24. The van der Waals surface area contributed by atoms with Crippen LogP contribution in [0.1, 0.15) is 18.4 Å². The highest BCUT2D eigenvalue weighted by atomic mass is 16.2. The molecule has 0 aromatic heterocycles. The van der Waals surface area contributed by atoms with Crippen LogP contribution in [-0.2, 0) is 11.2 Å². The molecule has 0 unspecified atom stereocenters. The maximum atomic E-state index is 12.7. The van der Waals surface area contributed by atoms with Crippen molar-refractivity contribution in [2.24, 2.45) is 0 Å². The number of nitrogens with one attached hydrogen (secondary N) is 3. The fourth-order valence-corrected chi connectivity index (χ4v) is 3.24. The van der Waals surface area contributed by atoms with Gasteiger partial charge in [0.05, 0.1) is 5.69 Å². The van der Waals surface area contributed by atoms with Crippen LogP contribution in [0.2, 0.25) is 0 Å². The third kappa shape index (κ3) is 4.49. The lowest BCUT2D eigenvalue weighted by Crippen LogP contribution is -2.49. The van der Waals surface area contributed by atoms with E-state index in [0.29, 0.717) is 6.42 Å². The average Bonchev–Trinajstić information content (AvgIpc) is 3.52. The van der Waals surface area contributed by atoms with Crippen molar-refractivity contribution in [3.05, 3.63) is 78.4 Å². The van der Waals surface area contributed by atoms with E-state index in [-0.39, 0.29) is 18.0 Å². The molecule has 1 aliphatic carbocycles. The molecule has 28 heavy (non-hydrogen) atoms. The van der Waals surface area contributed by atoms with Gasteiger partial charge in [-0.15, -0.1) is 0 Å². The first kappa shape index (κ1) is 18.0. The van der Waals surface area contributed by atoms with Crippen molar-refractivity contribution in [2.45, 2.75) is 31.3 Å². The molecule has 3 aromatic carbocycles. The fraction of sp³-hybridized carbons (Fsp3) is 0.217. The molecule has 5 nitrogen and oxygen atoms in total. The van der Waals surface area contributed by atoms with Gasteiger partial charge in [0.15, 0.2) is 0 Å². The molecule has 1 aliphatic rings. The number of hydrogen-bond acceptors (Lipinski definition) is 2. The Morgan fingerprint density at radius 1 is 0.893 bits per heavy atom. The first-order valence-corrected chi connectivity index (χ1v) is 9.58. The van der Waals surface area contributed by atoms with E-state index in [0.717, 1.165) is 34.9 Å². The van der Waals surface area contributed by atoms with Gasteiger partial charge >= 0.3 is 6.03 Å². The molecular formula is C23H23N3O2. The molecule has 0 heterocycles. The van der Waals surface area contributed by atoms with Gasteiger partial charge in [-0.05, 0) is 29.9 Å². The van der Waals surface area contributed by atoms with Crippen LogP contribution in [0.15, 0.2) is 72.8 Å². The minimum absolute atomic E-state index is 0.139. The summed E-state index contributed by atoms with van der Waals surface area (Å²) in [6.45, 7) is 0. The molecule has 0 radical (unpaired) electrons. The van der Waals surface area contributed by atoms with Gasteiger partial charge in [0.1, 0.15) is 6.04 Å². The zero-order valence-corrected chi connectivity index (χ0v) is 15.5. The summed E-state index contributed by atoms with van der Waals surface area (Å²) < 4.78 is 0. The second-order valence-electron chi connectivity index (χ2n) is 7.15. The summed E-state index contributed by atoms with van der Waals surface area (Å²) in [7, 11) is 0. The second kappa shape index (κ2) is 8.13. The molecule has 1 saturated carbocycles. The zero-order chi connectivity index (χ0) is 19.3. The lowest BCUT2D eigenvalue weighted by molar-refractivity contribution is -0.123. The van der Waals surface area contributed by atoms with Crippen LogP contribution in [0, 0.1) is 0 Å². The quantitative estimate of drug-likeness (QED) is 0.614. The Bertz CT molecular complexity index is 978. The molecule has 0 aliphatic heterocycles. The Hall–Kier alpha value is -3.34. The van der Waals surface area contributed by atoms with Gasteiger partial charge in [-0.1, -0.05) is 66.7 Å². The maximum Gasteiger partial charge on any atom is 0.319 e. The number of hydrogen-bond donors (Lipinski definition) is 3. The van der Waals surface area contributed by atoms with Gasteiger partial charge in [-0.3, -0.25) is 4.79 Å². The number of urea groups is 1. The Morgan fingerprint density at radius 2 is 1.61 bits per heavy atom. The molecule has 0 bridgehead atoms. The molecule has 4 rings (SSSR count). The normalized spacial score (nSPS) is 14.3. The predicted octanol–water partition coefficient (Wildman–Crippen LogP) is 3.85. The van der Waals surface area contributed by atoms with E-state index in [9.17, 15) is 9.59 Å². The van der Waals surface area contributed by atoms with Crippen LogP contribution in [-0.4, -0.2) is 24.0 Å². The lowest BCUT2D eigenvalue weighted by atomic mass is 10.1. The number of carbonyl (C=O) groups excluding carboxylic acids is 2. The van der Waals surface area contributed by atoms with Gasteiger partial charge < -0.3 is 16.0 Å². The number of benzene rings is 3. The average molecular weight is 373 g/mol. The van der Waals surface area contributed by atoms with Crippen molar-refractivity contribution in [3.8, 4) is 0 Å². The minimum Gasteiger partial charge on any atom is -0.352 e. The van der Waals surface area contributed by atoms with Crippen LogP contribution >= 0.6 is 0 Å². The molecule has 0 spiro atoms. The third-order valence-corrected chi connectivity index (χ3v) is 4.87. The lowest BCUT2D eigenvalue weighted by Gasteiger charge is -2.19. The molecule has 1 fully saturated rings. The van der Waals surface area contributed by atoms with Crippen molar-refractivity contribution in [1.29, 1.82) is 0 Å². The summed E-state index contributed by atoms with van der Waals surface area (Å²) in [5.74, 6) is -0.139. The Morgan fingerprint density at radius 3 is 2.39 bits per heavy atom. The summed E-state index contributed by atoms with van der Waals surface area (Å²) in [4.78, 5) is 25.3. The van der Waals surface area contributed by atoms with Crippen LogP contribution in [0.25, 0.3) is 10.8 Å². The summed E-state index contributed by atoms with van der Waals surface area (Å²) in [5.41, 5.74) is 1.72. The number of fused-ring (bicyclic) bond motifs is 1. The van der Waals surface area contributed by atoms with E-state index >= 15 is 0 Å². The van der Waals surface area contributed by atoms with Gasteiger partial charge in [-0.25, -0.2) is 4.79 Å². The topological polar surface area (TPSA) is 70.2 Å². The third-order valence-electron chi connectivity index (χ3n) is 4.87. The molecular weight excluding hydrogens is 350 g/mol. The van der Waals surface area contributed by atoms with Crippen LogP contribution in [0.4, 0.5) is 10.5 Å². The molecule has 3 amide bonds. The van der Waals surface area contributed by atoms with Crippen LogP contribution in [0.5, 0.6) is 0 Å². The molecule has 3 aromatic rings. The first-order chi connectivity index (χ1) is 13.7. The van der Waals surface area contributed by atoms with E-state index < -0.39 is 6.04 Å². The minimum atomic E-state index is -0.627. The molecule has 3 N–H and O–H groups in total. The summed E-state index contributed by atoms with van der Waals surface area (Å²) >= 11 is 0. The largest absolute Gasteiger partial charge is 0.352 e. The SMILES string of the molecule is O=C(Nc1cccc2ccccc12)N[C@@H](Cc1ccccc1)C(=O)NC1CC1. The van der Waals surface area contributed by atoms with Crippen molar-refractivity contribution in [2.75, 3.05) is 5.32 Å². The highest BCUT2D eigenvalue weighted by Gasteiger charge is 2.28. The van der Waals surface area contributed by atoms with E-state index in [1.165, 1.54) is 0 Å². The van der Waals surface area contributed by atoms with Crippen molar-refractivity contribution in [1.82, 2.24) is 10.6 Å². The fourth-order valence-electron chi connectivity index (χ4n) is 3.24. The van der Waals surface area contributed by atoms with Crippen molar-refractivity contribution < 1.29 is 9.59 Å². The monoisotopic (exact) mass is 373 g/mol. The Balaban J connectivity index is 1.48. The summed E-state index contributed by atoms with van der Waals surface area (Å²) in [6.07, 6.45) is 2.46. The zero-order valence-electron chi connectivity index (χ0n) is 15.5. The summed E-state index contributed by atoms with van der Waals surface area (Å²) in [5, 5.41) is 10.7. The highest BCUT2D eigenvalue weighted by molar-refractivity contribution is 6.02. The van der Waals surface area contributed by atoms with Gasteiger partial charge in [0.25, 0.3) is 0 Å². The molecule has 5 heteroatoms. The van der Waals surface area contributed by atoms with Crippen LogP contribution in [0.3, 0.4) is 0 Å². The van der Waals surface area contributed by atoms with Gasteiger partial charge in [0, 0.05) is 17.8 Å². The smallest absolute Gasteiger partial charge is 0.319 e. The van der Waals surface area contributed by atoms with Gasteiger partial charge in [-0.2, -0.15) is 0 Å². The summed E-state index contributed by atoms with van der Waals surface area (Å²) in [6, 6.07) is 22.6. The van der Waals surface area contributed by atoms with Crippen molar-refractivity contribution in [3.63, 3.8) is 0 Å². The van der Waals surface area contributed by atoms with E-state index in [1.54, 1.807) is 0 Å². The highest BCUT2D eigenvalue weighted by Crippen LogP contribution is 2.23. The number of anilines is 1. The van der Waals surface area contributed by atoms with Crippen LogP contribution < -0.4 is 16.0 Å². The van der Waals surface area contributed by atoms with Gasteiger partial charge in [0.2, 0.25) is 5.91 Å². The standard InChI is InChI=1S/C23H23N3O2/c27-22(24-18-13-14-18)21(15-16-7-2-1-3-8-16)26-23(28)25-20-12-6-10-17-9-4-5-11-19(17)20/h1-12,18,21H,13-15H2,(H,24,27)(H2,25,26,28)/t21-/m0/s1. The number of carbonyl (C=O) groups is 2. The van der Waals surface area contributed by atoms with E-state index in [2.05, 4.69) is 16.0 Å². The number of rotatable bonds is 6. The molecule has 1 atom stereocenters.